The standard InChI is InChI=1S/C24H35NO3/c1-24(2,3)28-23(27)25-20-13-9-14-21(25)17-19(16-20)22(26)15-8-7-12-18-10-5-4-6-11-18/h4-6,10-11,19-21H,7-9,12-17H2,1-3H3. The van der Waals surface area contributed by atoms with E-state index in [0.717, 1.165) is 51.4 Å². The van der Waals surface area contributed by atoms with Gasteiger partial charge in [-0.3, -0.25) is 4.79 Å². The van der Waals surface area contributed by atoms with Crippen LogP contribution in [0.5, 0.6) is 0 Å². The van der Waals surface area contributed by atoms with Gasteiger partial charge in [0.05, 0.1) is 0 Å². The van der Waals surface area contributed by atoms with Crippen molar-refractivity contribution in [2.24, 2.45) is 5.92 Å². The summed E-state index contributed by atoms with van der Waals surface area (Å²) >= 11 is 0. The Bertz CT molecular complexity index is 650. The molecule has 0 saturated carbocycles. The third kappa shape index (κ3) is 5.59. The van der Waals surface area contributed by atoms with Crippen molar-refractivity contribution in [2.75, 3.05) is 0 Å². The summed E-state index contributed by atoms with van der Waals surface area (Å²) in [6.45, 7) is 5.73. The van der Waals surface area contributed by atoms with E-state index in [1.165, 1.54) is 5.56 Å². The molecule has 0 N–H and O–H groups in total. The molecular formula is C24H35NO3. The first-order chi connectivity index (χ1) is 13.3. The summed E-state index contributed by atoms with van der Waals surface area (Å²) in [6.07, 6.45) is 8.28. The van der Waals surface area contributed by atoms with Crippen molar-refractivity contribution in [2.45, 2.75) is 96.2 Å². The second-order valence-electron chi connectivity index (χ2n) is 9.45. The molecule has 154 valence electrons. The second-order valence-corrected chi connectivity index (χ2v) is 9.45. The lowest BCUT2D eigenvalue weighted by Gasteiger charge is -2.48. The van der Waals surface area contributed by atoms with Crippen LogP contribution in [-0.2, 0) is 16.0 Å². The van der Waals surface area contributed by atoms with Crippen molar-refractivity contribution < 1.29 is 14.3 Å². The van der Waals surface area contributed by atoms with Crippen LogP contribution in [0.4, 0.5) is 4.79 Å². The topological polar surface area (TPSA) is 46.6 Å². The highest BCUT2D eigenvalue weighted by atomic mass is 16.6. The van der Waals surface area contributed by atoms with Crippen molar-refractivity contribution in [3.63, 3.8) is 0 Å². The number of ether oxygens (including phenoxy) is 1. The normalized spacial score (nSPS) is 24.7. The summed E-state index contributed by atoms with van der Waals surface area (Å²) < 4.78 is 5.63. The van der Waals surface area contributed by atoms with Gasteiger partial charge in [-0.15, -0.1) is 0 Å². The molecule has 4 heteroatoms. The lowest BCUT2D eigenvalue weighted by molar-refractivity contribution is -0.127. The molecule has 1 amide bonds. The smallest absolute Gasteiger partial charge is 0.410 e. The van der Waals surface area contributed by atoms with Gasteiger partial charge in [0.1, 0.15) is 11.4 Å². The van der Waals surface area contributed by atoms with Gasteiger partial charge in [0.2, 0.25) is 0 Å². The number of hydrogen-bond donors (Lipinski definition) is 0. The number of unbranched alkanes of at least 4 members (excludes halogenated alkanes) is 1. The van der Waals surface area contributed by atoms with Gasteiger partial charge in [0.15, 0.2) is 0 Å². The summed E-state index contributed by atoms with van der Waals surface area (Å²) in [5, 5.41) is 0. The monoisotopic (exact) mass is 385 g/mol. The zero-order chi connectivity index (χ0) is 20.1. The highest BCUT2D eigenvalue weighted by molar-refractivity contribution is 5.81. The number of aryl methyl sites for hydroxylation is 1. The third-order valence-corrected chi connectivity index (χ3v) is 6.02. The fourth-order valence-corrected chi connectivity index (χ4v) is 4.73. The van der Waals surface area contributed by atoms with Gasteiger partial charge in [-0.05, 0) is 77.7 Å². The summed E-state index contributed by atoms with van der Waals surface area (Å²) in [7, 11) is 0. The first kappa shape index (κ1) is 20.9. The van der Waals surface area contributed by atoms with Gasteiger partial charge in [0, 0.05) is 24.4 Å². The highest BCUT2D eigenvalue weighted by Gasteiger charge is 2.44. The molecule has 2 heterocycles. The first-order valence-electron chi connectivity index (χ1n) is 10.9. The fraction of sp³-hybridized carbons (Fsp3) is 0.667. The summed E-state index contributed by atoms with van der Waals surface area (Å²) in [5.74, 6) is 0.513. The Kier molecular flexibility index (Phi) is 6.79. The zero-order valence-electron chi connectivity index (χ0n) is 17.7. The molecule has 2 bridgehead atoms. The summed E-state index contributed by atoms with van der Waals surface area (Å²) in [5.41, 5.74) is 0.867. The average molecular weight is 386 g/mol. The van der Waals surface area contributed by atoms with E-state index in [1.807, 2.05) is 31.7 Å². The van der Waals surface area contributed by atoms with Crippen LogP contribution in [-0.4, -0.2) is 34.5 Å². The number of hydrogen-bond acceptors (Lipinski definition) is 3. The van der Waals surface area contributed by atoms with Crippen molar-refractivity contribution in [3.05, 3.63) is 35.9 Å². The van der Waals surface area contributed by atoms with Crippen LogP contribution in [0.3, 0.4) is 0 Å². The lowest BCUT2D eigenvalue weighted by atomic mass is 9.76. The zero-order valence-corrected chi connectivity index (χ0v) is 17.7. The van der Waals surface area contributed by atoms with Crippen LogP contribution < -0.4 is 0 Å². The molecule has 2 unspecified atom stereocenters. The quantitative estimate of drug-likeness (QED) is 0.604. The number of piperidine rings is 2. The van der Waals surface area contributed by atoms with Crippen LogP contribution in [0.25, 0.3) is 0 Å². The largest absolute Gasteiger partial charge is 0.444 e. The summed E-state index contributed by atoms with van der Waals surface area (Å²) in [4.78, 5) is 27.4. The van der Waals surface area contributed by atoms with Gasteiger partial charge in [0.25, 0.3) is 0 Å². The Morgan fingerprint density at radius 3 is 2.29 bits per heavy atom. The number of nitrogens with zero attached hydrogens (tertiary/aromatic N) is 1. The van der Waals surface area contributed by atoms with E-state index in [9.17, 15) is 9.59 Å². The number of rotatable bonds is 6. The van der Waals surface area contributed by atoms with Crippen molar-refractivity contribution in [1.29, 1.82) is 0 Å². The number of Topliss-reactive ketones (excluding diaryl/α,β-unsaturated/α-hetero) is 1. The van der Waals surface area contributed by atoms with Crippen LogP contribution in [0.15, 0.2) is 30.3 Å². The molecule has 28 heavy (non-hydrogen) atoms. The second kappa shape index (κ2) is 9.11. The molecule has 0 aromatic heterocycles. The van der Waals surface area contributed by atoms with E-state index < -0.39 is 5.60 Å². The number of benzene rings is 1. The van der Waals surface area contributed by atoms with Crippen LogP contribution in [0.1, 0.15) is 77.7 Å². The molecule has 0 radical (unpaired) electrons. The van der Waals surface area contributed by atoms with Gasteiger partial charge in [-0.25, -0.2) is 4.79 Å². The SMILES string of the molecule is CC(C)(C)OC(=O)N1C2CCCC1CC(C(=O)CCCCc1ccccc1)C2. The van der Waals surface area contributed by atoms with Gasteiger partial charge in [-0.2, -0.15) is 0 Å². The van der Waals surface area contributed by atoms with Crippen LogP contribution >= 0.6 is 0 Å². The maximum Gasteiger partial charge on any atom is 0.410 e. The van der Waals surface area contributed by atoms with Gasteiger partial charge >= 0.3 is 6.09 Å². The highest BCUT2D eigenvalue weighted by Crippen LogP contribution is 2.38. The Hall–Kier alpha value is -1.84. The van der Waals surface area contributed by atoms with E-state index in [1.54, 1.807) is 0 Å². The minimum atomic E-state index is -0.475. The maximum absolute atomic E-state index is 12.8. The molecule has 3 rings (SSSR count). The number of carbonyl (C=O) groups is 2. The lowest BCUT2D eigenvalue weighted by Crippen LogP contribution is -2.56. The number of fused-ring (bicyclic) bond motifs is 2. The molecule has 0 spiro atoms. The molecule has 1 aromatic carbocycles. The first-order valence-corrected chi connectivity index (χ1v) is 10.9. The van der Waals surface area contributed by atoms with E-state index in [0.29, 0.717) is 12.2 Å². The summed E-state index contributed by atoms with van der Waals surface area (Å²) in [6, 6.07) is 10.8. The van der Waals surface area contributed by atoms with E-state index in [4.69, 9.17) is 4.74 Å². The van der Waals surface area contributed by atoms with Gasteiger partial charge < -0.3 is 9.64 Å². The Labute approximate surface area is 169 Å². The van der Waals surface area contributed by atoms with Gasteiger partial charge in [-0.1, -0.05) is 30.3 Å². The minimum Gasteiger partial charge on any atom is -0.444 e. The number of amides is 1. The predicted molar refractivity (Wildman–Crippen MR) is 111 cm³/mol. The molecule has 1 aromatic rings. The molecule has 2 aliphatic heterocycles. The Balaban J connectivity index is 1.49. The van der Waals surface area contributed by atoms with E-state index in [2.05, 4.69) is 24.3 Å². The molecule has 4 nitrogen and oxygen atoms in total. The molecular weight excluding hydrogens is 350 g/mol. The molecule has 2 atom stereocenters. The molecule has 2 saturated heterocycles. The van der Waals surface area contributed by atoms with Crippen molar-refractivity contribution in [1.82, 2.24) is 4.90 Å². The third-order valence-electron chi connectivity index (χ3n) is 6.02. The van der Waals surface area contributed by atoms with Crippen LogP contribution in [0.2, 0.25) is 0 Å². The van der Waals surface area contributed by atoms with E-state index >= 15 is 0 Å². The average Bonchev–Trinajstić information content (AvgIpc) is 2.63. The minimum absolute atomic E-state index is 0.116. The van der Waals surface area contributed by atoms with Crippen molar-refractivity contribution in [3.8, 4) is 0 Å². The molecule has 0 aliphatic carbocycles. The van der Waals surface area contributed by atoms with Crippen LogP contribution in [0, 0.1) is 5.92 Å². The molecule has 2 aliphatic rings. The Morgan fingerprint density at radius 2 is 1.68 bits per heavy atom. The van der Waals surface area contributed by atoms with Crippen molar-refractivity contribution >= 4 is 11.9 Å². The fourth-order valence-electron chi connectivity index (χ4n) is 4.73. The number of carbonyl (C=O) groups excluding carboxylic acids is 2. The maximum atomic E-state index is 12.8. The predicted octanol–water partition coefficient (Wildman–Crippen LogP) is 5.54. The van der Waals surface area contributed by atoms with E-state index in [-0.39, 0.29) is 24.1 Å². The molecule has 2 fully saturated rings. The number of ketones is 1. The Morgan fingerprint density at radius 1 is 1.04 bits per heavy atom.